The maximum absolute atomic E-state index is 2.50. The molecule has 0 heterocycles. The van der Waals surface area contributed by atoms with Gasteiger partial charge in [0.1, 0.15) is 0 Å². The van der Waals surface area contributed by atoms with E-state index in [2.05, 4.69) is 293 Å². The molecule has 1 spiro atoms. The monoisotopic (exact) mass is 945 g/mol. The van der Waals surface area contributed by atoms with Crippen LogP contribution in [0.15, 0.2) is 261 Å². The molecule has 0 fully saturated rings. The minimum atomic E-state index is -0.430. The van der Waals surface area contributed by atoms with Crippen molar-refractivity contribution in [3.8, 4) is 66.8 Å². The largest absolute Gasteiger partial charge is 0.310 e. The zero-order valence-electron chi connectivity index (χ0n) is 42.3. The number of rotatable bonds is 7. The fourth-order valence-corrected chi connectivity index (χ4v) is 13.3. The Morgan fingerprint density at radius 3 is 1.15 bits per heavy atom. The normalized spacial score (nSPS) is 14.5. The first-order valence-electron chi connectivity index (χ1n) is 26.2. The number of nitrogens with zero attached hydrogens (tertiary/aromatic N) is 1. The molecule has 0 radical (unpaired) electrons. The highest BCUT2D eigenvalue weighted by Crippen LogP contribution is 2.62. The second-order valence-corrected chi connectivity index (χ2v) is 21.6. The first-order valence-corrected chi connectivity index (χ1v) is 26.2. The zero-order valence-corrected chi connectivity index (χ0v) is 42.3. The molecule has 1 heteroatoms. The highest BCUT2D eigenvalue weighted by molar-refractivity contribution is 5.91. The predicted molar refractivity (Wildman–Crippen MR) is 310 cm³/mol. The van der Waals surface area contributed by atoms with Gasteiger partial charge in [0.2, 0.25) is 0 Å². The Morgan fingerprint density at radius 2 is 0.568 bits per heavy atom. The Kier molecular flexibility index (Phi) is 9.88. The Hall–Kier alpha value is -8.78. The number of anilines is 3. The minimum absolute atomic E-state index is 0.109. The summed E-state index contributed by atoms with van der Waals surface area (Å²) in [7, 11) is 0. The van der Waals surface area contributed by atoms with E-state index in [4.69, 9.17) is 0 Å². The summed E-state index contributed by atoms with van der Waals surface area (Å²) in [6.07, 6.45) is 0. The van der Waals surface area contributed by atoms with Crippen LogP contribution >= 0.6 is 0 Å². The SMILES string of the molecule is CC1(C)c2ccccc2-c2ccc(N(c3ccc(-c4ccccc4)cc3)c3ccc(-c4cccc(-c5cccc(-c6ccc7c(c6)C6(c8ccccc8-7)c7ccccc7C(C)(C)c7ccccc76)c5)c4)cc3)cc21. The van der Waals surface area contributed by atoms with Crippen LogP contribution in [0, 0.1) is 0 Å². The van der Waals surface area contributed by atoms with Gasteiger partial charge in [0.25, 0.3) is 0 Å². The van der Waals surface area contributed by atoms with Crippen LogP contribution in [-0.2, 0) is 16.2 Å². The molecule has 11 aromatic rings. The van der Waals surface area contributed by atoms with Gasteiger partial charge in [-0.2, -0.15) is 0 Å². The molecule has 11 aromatic carbocycles. The van der Waals surface area contributed by atoms with E-state index in [1.54, 1.807) is 0 Å². The van der Waals surface area contributed by atoms with Crippen molar-refractivity contribution in [1.82, 2.24) is 0 Å². The molecular weight excluding hydrogens is 891 g/mol. The van der Waals surface area contributed by atoms with Crippen molar-refractivity contribution in [3.63, 3.8) is 0 Å². The summed E-state index contributed by atoms with van der Waals surface area (Å²) in [6.45, 7) is 9.50. The molecule has 0 aromatic heterocycles. The topological polar surface area (TPSA) is 3.24 Å². The molecule has 0 N–H and O–H groups in total. The minimum Gasteiger partial charge on any atom is -0.310 e. The summed E-state index contributed by atoms with van der Waals surface area (Å²) in [5, 5.41) is 0. The summed E-state index contributed by atoms with van der Waals surface area (Å²) >= 11 is 0. The number of fused-ring (bicyclic) bond motifs is 12. The molecule has 3 aliphatic carbocycles. The van der Waals surface area contributed by atoms with Gasteiger partial charge in [-0.25, -0.2) is 0 Å². The molecule has 0 unspecified atom stereocenters. The van der Waals surface area contributed by atoms with Crippen molar-refractivity contribution >= 4 is 17.1 Å². The summed E-state index contributed by atoms with van der Waals surface area (Å²) in [5.74, 6) is 0. The lowest BCUT2D eigenvalue weighted by Gasteiger charge is -2.46. The van der Waals surface area contributed by atoms with Gasteiger partial charge in [0.05, 0.1) is 5.41 Å². The predicted octanol–water partition coefficient (Wildman–Crippen LogP) is 19.1. The van der Waals surface area contributed by atoms with Gasteiger partial charge in [-0.1, -0.05) is 234 Å². The van der Waals surface area contributed by atoms with Gasteiger partial charge in [-0.3, -0.25) is 0 Å². The van der Waals surface area contributed by atoms with E-state index >= 15 is 0 Å². The van der Waals surface area contributed by atoms with E-state index in [1.165, 1.54) is 111 Å². The lowest BCUT2D eigenvalue weighted by atomic mass is 9.55. The van der Waals surface area contributed by atoms with Gasteiger partial charge in [0, 0.05) is 27.9 Å². The van der Waals surface area contributed by atoms with Crippen LogP contribution in [0.4, 0.5) is 17.1 Å². The van der Waals surface area contributed by atoms with Crippen LogP contribution in [0.1, 0.15) is 72.2 Å². The van der Waals surface area contributed by atoms with Gasteiger partial charge < -0.3 is 4.90 Å². The first-order chi connectivity index (χ1) is 36.2. The quantitative estimate of drug-likeness (QED) is 0.154. The summed E-state index contributed by atoms with van der Waals surface area (Å²) in [5.41, 5.74) is 28.6. The third kappa shape index (κ3) is 6.56. The summed E-state index contributed by atoms with van der Waals surface area (Å²) in [4.78, 5) is 2.41. The third-order valence-corrected chi connectivity index (χ3v) is 17.0. The van der Waals surface area contributed by atoms with Crippen LogP contribution in [0.3, 0.4) is 0 Å². The Balaban J connectivity index is 0.818. The molecule has 3 aliphatic rings. The van der Waals surface area contributed by atoms with Gasteiger partial charge in [-0.15, -0.1) is 0 Å². The molecule has 1 nitrogen and oxygen atoms in total. The van der Waals surface area contributed by atoms with E-state index in [0.29, 0.717) is 0 Å². The molecule has 0 bridgehead atoms. The molecule has 74 heavy (non-hydrogen) atoms. The van der Waals surface area contributed by atoms with E-state index in [-0.39, 0.29) is 10.8 Å². The van der Waals surface area contributed by atoms with Crippen molar-refractivity contribution in [2.45, 2.75) is 43.9 Å². The van der Waals surface area contributed by atoms with E-state index in [9.17, 15) is 0 Å². The van der Waals surface area contributed by atoms with E-state index < -0.39 is 5.41 Å². The van der Waals surface area contributed by atoms with E-state index in [1.807, 2.05) is 0 Å². The molecule has 0 amide bonds. The second-order valence-electron chi connectivity index (χ2n) is 21.6. The van der Waals surface area contributed by atoms with Crippen molar-refractivity contribution < 1.29 is 0 Å². The highest BCUT2D eigenvalue weighted by Gasteiger charge is 2.53. The lowest BCUT2D eigenvalue weighted by Crippen LogP contribution is -2.40. The van der Waals surface area contributed by atoms with Gasteiger partial charge >= 0.3 is 0 Å². The van der Waals surface area contributed by atoms with Crippen LogP contribution in [0.5, 0.6) is 0 Å². The van der Waals surface area contributed by atoms with Crippen LogP contribution < -0.4 is 4.90 Å². The second kappa shape index (κ2) is 16.6. The third-order valence-electron chi connectivity index (χ3n) is 17.0. The fourth-order valence-electron chi connectivity index (χ4n) is 13.3. The number of hydrogen-bond donors (Lipinski definition) is 0. The van der Waals surface area contributed by atoms with Crippen LogP contribution in [-0.4, -0.2) is 0 Å². The maximum Gasteiger partial charge on any atom is 0.0719 e. The molecule has 0 saturated heterocycles. The first kappa shape index (κ1) is 44.0. The van der Waals surface area contributed by atoms with Gasteiger partial charge in [0.15, 0.2) is 0 Å². The van der Waals surface area contributed by atoms with Crippen LogP contribution in [0.2, 0.25) is 0 Å². The van der Waals surface area contributed by atoms with Gasteiger partial charge in [-0.05, 0) is 166 Å². The smallest absolute Gasteiger partial charge is 0.0719 e. The molecule has 14 rings (SSSR count). The molecule has 0 aliphatic heterocycles. The number of hydrogen-bond acceptors (Lipinski definition) is 1. The van der Waals surface area contributed by atoms with Crippen molar-refractivity contribution in [2.24, 2.45) is 0 Å². The average molecular weight is 946 g/mol. The molecule has 0 atom stereocenters. The fraction of sp³-hybridized carbons (Fsp3) is 0.0959. The summed E-state index contributed by atoms with van der Waals surface area (Å²) in [6, 6.07) is 97.6. The van der Waals surface area contributed by atoms with Crippen molar-refractivity contribution in [1.29, 1.82) is 0 Å². The average Bonchev–Trinajstić information content (AvgIpc) is 3.91. The molecule has 0 saturated carbocycles. The lowest BCUT2D eigenvalue weighted by molar-refractivity contribution is 0.563. The Bertz CT molecular complexity index is 3950. The Labute approximate surface area is 435 Å². The molecular formula is C73H55N. The summed E-state index contributed by atoms with van der Waals surface area (Å²) < 4.78 is 0. The Morgan fingerprint density at radius 1 is 0.216 bits per heavy atom. The van der Waals surface area contributed by atoms with Crippen molar-refractivity contribution in [2.75, 3.05) is 4.90 Å². The number of benzene rings is 11. The standard InChI is InChI=1S/C73H55N/c1-71(2)63-26-10-8-24-59(63)61-43-41-58(47-69(61)71)74(56-37-32-49(33-38-56)48-18-6-5-7-19-48)57-39-34-50(35-40-57)51-20-16-21-52(44-51)53-22-17-23-54(45-53)55-36-42-62-60-25-9-11-27-64(60)73(70(62)46-55)67-30-14-12-28-65(67)72(3,4)66-29-13-15-31-68(66)73/h5-47H,1-4H3. The van der Waals surface area contributed by atoms with Crippen molar-refractivity contribution in [3.05, 3.63) is 305 Å². The molecule has 352 valence electrons. The highest BCUT2D eigenvalue weighted by atomic mass is 15.1. The van der Waals surface area contributed by atoms with E-state index in [0.717, 1.165) is 17.1 Å². The maximum atomic E-state index is 2.50. The zero-order chi connectivity index (χ0) is 49.8. The van der Waals surface area contributed by atoms with Crippen LogP contribution in [0.25, 0.3) is 66.8 Å².